The minimum Gasteiger partial charge on any atom is -0.488 e. The summed E-state index contributed by atoms with van der Waals surface area (Å²) < 4.78 is 6.17. The lowest BCUT2D eigenvalue weighted by atomic mass is 9.92. The molecular weight excluding hydrogens is 358 g/mol. The molecule has 27 heavy (non-hydrogen) atoms. The van der Waals surface area contributed by atoms with Crippen LogP contribution in [0.4, 0.5) is 0 Å². The molecule has 0 saturated carbocycles. The minimum absolute atomic E-state index is 0.0658. The Labute approximate surface area is 161 Å². The Kier molecular flexibility index (Phi) is 4.01. The molecule has 136 valence electrons. The molecule has 0 bridgehead atoms. The Bertz CT molecular complexity index is 989. The van der Waals surface area contributed by atoms with Crippen LogP contribution in [0.3, 0.4) is 0 Å². The quantitative estimate of drug-likeness (QED) is 0.700. The van der Waals surface area contributed by atoms with Gasteiger partial charge in [0, 0.05) is 43.0 Å². The van der Waals surface area contributed by atoms with Gasteiger partial charge in [0.1, 0.15) is 11.9 Å². The average Bonchev–Trinajstić information content (AvgIpc) is 3.11. The van der Waals surface area contributed by atoms with Crippen molar-refractivity contribution in [1.82, 2.24) is 14.9 Å². The normalized spacial score (nSPS) is 20.6. The van der Waals surface area contributed by atoms with Crippen molar-refractivity contribution < 1.29 is 9.53 Å². The minimum atomic E-state index is 0.0658. The number of fused-ring (bicyclic) bond motifs is 1. The zero-order chi connectivity index (χ0) is 18.3. The van der Waals surface area contributed by atoms with Gasteiger partial charge in [0.15, 0.2) is 0 Å². The summed E-state index contributed by atoms with van der Waals surface area (Å²) in [6.07, 6.45) is 6.32. The molecule has 0 radical (unpaired) electrons. The van der Waals surface area contributed by atoms with Gasteiger partial charge < -0.3 is 9.64 Å². The van der Waals surface area contributed by atoms with Crippen LogP contribution >= 0.6 is 11.8 Å². The molecule has 0 aliphatic carbocycles. The summed E-state index contributed by atoms with van der Waals surface area (Å²) >= 11 is 1.92. The second-order valence-electron chi connectivity index (χ2n) is 7.20. The summed E-state index contributed by atoms with van der Waals surface area (Å²) in [5, 5.41) is 0.999. The number of hydrogen-bond acceptors (Lipinski definition) is 5. The molecule has 1 spiro atoms. The fourth-order valence-corrected chi connectivity index (χ4v) is 5.39. The predicted molar refractivity (Wildman–Crippen MR) is 106 cm³/mol. The summed E-state index contributed by atoms with van der Waals surface area (Å²) in [4.78, 5) is 23.3. The van der Waals surface area contributed by atoms with Crippen LogP contribution in [-0.4, -0.2) is 50.5 Å². The van der Waals surface area contributed by atoms with Crippen LogP contribution in [0.5, 0.6) is 5.75 Å². The number of carbonyl (C=O) groups excluding carboxylic acids is 1. The SMILES string of the molecule is O=C(c1cnc2ccccc2c1)N1CC2(CC(Oc3cccnc3)CS2)C1. The Morgan fingerprint density at radius 1 is 1.19 bits per heavy atom. The van der Waals surface area contributed by atoms with E-state index in [1.54, 1.807) is 18.6 Å². The summed E-state index contributed by atoms with van der Waals surface area (Å²) in [5.41, 5.74) is 1.57. The maximum Gasteiger partial charge on any atom is 0.255 e. The molecule has 2 fully saturated rings. The van der Waals surface area contributed by atoms with Gasteiger partial charge in [-0.25, -0.2) is 0 Å². The molecule has 0 N–H and O–H groups in total. The van der Waals surface area contributed by atoms with Gasteiger partial charge in [0.05, 0.1) is 22.0 Å². The molecule has 2 aliphatic heterocycles. The van der Waals surface area contributed by atoms with E-state index in [0.29, 0.717) is 5.56 Å². The first kappa shape index (κ1) is 16.6. The van der Waals surface area contributed by atoms with Gasteiger partial charge in [-0.3, -0.25) is 14.8 Å². The molecule has 2 aliphatic rings. The van der Waals surface area contributed by atoms with Crippen LogP contribution in [0, 0.1) is 0 Å². The number of hydrogen-bond donors (Lipinski definition) is 0. The third-order valence-electron chi connectivity index (χ3n) is 5.19. The molecule has 6 heteroatoms. The number of aromatic nitrogens is 2. The fraction of sp³-hybridized carbons (Fsp3) is 0.286. The maximum atomic E-state index is 12.8. The van der Waals surface area contributed by atoms with E-state index in [0.717, 1.165) is 41.9 Å². The molecule has 5 rings (SSSR count). The summed E-state index contributed by atoms with van der Waals surface area (Å²) in [5.74, 6) is 1.83. The van der Waals surface area contributed by atoms with Gasteiger partial charge in [0.2, 0.25) is 0 Å². The van der Waals surface area contributed by atoms with Gasteiger partial charge in [-0.05, 0) is 24.3 Å². The lowest BCUT2D eigenvalue weighted by Crippen LogP contribution is -2.60. The van der Waals surface area contributed by atoms with Crippen LogP contribution < -0.4 is 4.74 Å². The number of benzene rings is 1. The van der Waals surface area contributed by atoms with E-state index < -0.39 is 0 Å². The van der Waals surface area contributed by atoms with Crippen LogP contribution in [-0.2, 0) is 0 Å². The number of pyridine rings is 2. The highest BCUT2D eigenvalue weighted by Crippen LogP contribution is 2.46. The average molecular weight is 377 g/mol. The van der Waals surface area contributed by atoms with Gasteiger partial charge >= 0.3 is 0 Å². The van der Waals surface area contributed by atoms with Crippen molar-refractivity contribution in [2.45, 2.75) is 17.3 Å². The van der Waals surface area contributed by atoms with Gasteiger partial charge in [0.25, 0.3) is 5.91 Å². The monoisotopic (exact) mass is 377 g/mol. The van der Waals surface area contributed by atoms with E-state index in [-0.39, 0.29) is 16.8 Å². The van der Waals surface area contributed by atoms with E-state index in [9.17, 15) is 4.79 Å². The topological polar surface area (TPSA) is 55.3 Å². The first-order chi connectivity index (χ1) is 13.2. The molecule has 2 aromatic heterocycles. The number of rotatable bonds is 3. The standard InChI is InChI=1S/C21H19N3O2S/c25-20(16-8-15-4-1-2-6-19(15)23-10-16)24-13-21(14-24)9-18(12-27-21)26-17-5-3-7-22-11-17/h1-8,10-11,18H,9,12-14H2. The summed E-state index contributed by atoms with van der Waals surface area (Å²) in [6, 6.07) is 13.6. The number of likely N-dealkylation sites (tertiary alicyclic amines) is 1. The number of nitrogens with zero attached hydrogens (tertiary/aromatic N) is 3. The largest absolute Gasteiger partial charge is 0.488 e. The molecule has 4 heterocycles. The molecule has 1 aromatic carbocycles. The Hall–Kier alpha value is -2.60. The highest BCUT2D eigenvalue weighted by molar-refractivity contribution is 8.01. The van der Waals surface area contributed by atoms with E-state index >= 15 is 0 Å². The Morgan fingerprint density at radius 2 is 2.07 bits per heavy atom. The summed E-state index contributed by atoms with van der Waals surface area (Å²) in [7, 11) is 0. The first-order valence-corrected chi connectivity index (χ1v) is 10.0. The van der Waals surface area contributed by atoms with Crippen molar-refractivity contribution in [3.05, 3.63) is 66.6 Å². The number of amides is 1. The highest BCUT2D eigenvalue weighted by atomic mass is 32.2. The molecule has 1 unspecified atom stereocenters. The Balaban J connectivity index is 1.23. The predicted octanol–water partition coefficient (Wildman–Crippen LogP) is 3.41. The zero-order valence-corrected chi connectivity index (χ0v) is 15.6. The van der Waals surface area contributed by atoms with Crippen LogP contribution in [0.15, 0.2) is 61.1 Å². The van der Waals surface area contributed by atoms with Gasteiger partial charge in [-0.2, -0.15) is 0 Å². The van der Waals surface area contributed by atoms with Gasteiger partial charge in [-0.15, -0.1) is 11.8 Å². The smallest absolute Gasteiger partial charge is 0.255 e. The number of thioether (sulfide) groups is 1. The van der Waals surface area contributed by atoms with Crippen molar-refractivity contribution in [3.63, 3.8) is 0 Å². The second-order valence-corrected chi connectivity index (χ2v) is 8.69. The number of carbonyl (C=O) groups is 1. The van der Waals surface area contributed by atoms with Crippen molar-refractivity contribution in [3.8, 4) is 5.75 Å². The maximum absolute atomic E-state index is 12.8. The van der Waals surface area contributed by atoms with E-state index in [4.69, 9.17) is 4.74 Å². The van der Waals surface area contributed by atoms with E-state index in [1.807, 2.05) is 59.1 Å². The third-order valence-corrected chi connectivity index (χ3v) is 6.77. The van der Waals surface area contributed by atoms with Crippen molar-refractivity contribution in [2.75, 3.05) is 18.8 Å². The fourth-order valence-electron chi connectivity index (χ4n) is 3.87. The molecule has 3 aromatic rings. The van der Waals surface area contributed by atoms with E-state index in [1.165, 1.54) is 0 Å². The van der Waals surface area contributed by atoms with E-state index in [2.05, 4.69) is 9.97 Å². The zero-order valence-electron chi connectivity index (χ0n) is 14.7. The molecule has 1 amide bonds. The Morgan fingerprint density at radius 3 is 2.93 bits per heavy atom. The first-order valence-electron chi connectivity index (χ1n) is 9.06. The van der Waals surface area contributed by atoms with Crippen molar-refractivity contribution in [1.29, 1.82) is 0 Å². The molecule has 2 saturated heterocycles. The van der Waals surface area contributed by atoms with Gasteiger partial charge in [-0.1, -0.05) is 18.2 Å². The molecular formula is C21H19N3O2S. The third kappa shape index (κ3) is 3.14. The number of para-hydroxylation sites is 1. The molecule has 5 nitrogen and oxygen atoms in total. The number of ether oxygens (including phenoxy) is 1. The van der Waals surface area contributed by atoms with Crippen molar-refractivity contribution in [2.24, 2.45) is 0 Å². The lowest BCUT2D eigenvalue weighted by Gasteiger charge is -2.47. The highest BCUT2D eigenvalue weighted by Gasteiger charge is 2.51. The lowest BCUT2D eigenvalue weighted by molar-refractivity contribution is 0.0517. The summed E-state index contributed by atoms with van der Waals surface area (Å²) in [6.45, 7) is 1.55. The molecule has 1 atom stereocenters. The van der Waals surface area contributed by atoms with Crippen LogP contribution in [0.25, 0.3) is 10.9 Å². The van der Waals surface area contributed by atoms with Crippen molar-refractivity contribution >= 4 is 28.6 Å². The van der Waals surface area contributed by atoms with Crippen LogP contribution in [0.2, 0.25) is 0 Å². The van der Waals surface area contributed by atoms with Crippen LogP contribution in [0.1, 0.15) is 16.8 Å². The second kappa shape index (κ2) is 6.53.